The number of likely N-dealkylation sites (N-methyl/N-ethyl adjacent to an activating group) is 1. The van der Waals surface area contributed by atoms with Gasteiger partial charge in [0.05, 0.1) is 6.54 Å². The fourth-order valence-electron chi connectivity index (χ4n) is 1.84. The lowest BCUT2D eigenvalue weighted by molar-refractivity contribution is -0.127. The number of carbonyl (C=O) groups is 1. The predicted molar refractivity (Wildman–Crippen MR) is 115 cm³/mol. The van der Waals surface area contributed by atoms with Crippen LogP contribution in [0.3, 0.4) is 0 Å². The van der Waals surface area contributed by atoms with Crippen LogP contribution in [0.5, 0.6) is 5.75 Å². The molecule has 0 saturated carbocycles. The third-order valence-electron chi connectivity index (χ3n) is 3.24. The number of aliphatic imine (C=N–C) groups is 1. The molecule has 0 aliphatic rings. The molecule has 0 aliphatic carbocycles. The second-order valence-electron chi connectivity index (χ2n) is 5.52. The van der Waals surface area contributed by atoms with E-state index in [1.807, 2.05) is 37.3 Å². The summed E-state index contributed by atoms with van der Waals surface area (Å²) in [7, 11) is 3.43. The van der Waals surface area contributed by atoms with Gasteiger partial charge in [0, 0.05) is 33.9 Å². The SMILES string of the molecule is CCOCCCNC(=NCC(=O)N(C)C)NCCOc1ccccc1.I. The summed E-state index contributed by atoms with van der Waals surface area (Å²) in [5, 5.41) is 6.38. The lowest BCUT2D eigenvalue weighted by atomic mass is 10.3. The van der Waals surface area contributed by atoms with E-state index in [0.29, 0.717) is 32.3 Å². The van der Waals surface area contributed by atoms with E-state index in [1.165, 1.54) is 4.90 Å². The van der Waals surface area contributed by atoms with Gasteiger partial charge in [0.2, 0.25) is 5.91 Å². The van der Waals surface area contributed by atoms with Crippen molar-refractivity contribution in [3.05, 3.63) is 30.3 Å². The molecular formula is C18H31IN4O3. The van der Waals surface area contributed by atoms with E-state index in [2.05, 4.69) is 15.6 Å². The molecule has 0 spiro atoms. The lowest BCUT2D eigenvalue weighted by Crippen LogP contribution is -2.41. The average molecular weight is 478 g/mol. The number of hydrogen-bond acceptors (Lipinski definition) is 4. The first-order valence-corrected chi connectivity index (χ1v) is 8.61. The van der Waals surface area contributed by atoms with Crippen LogP contribution in [0.1, 0.15) is 13.3 Å². The minimum Gasteiger partial charge on any atom is -0.492 e. The van der Waals surface area contributed by atoms with E-state index in [9.17, 15) is 4.79 Å². The summed E-state index contributed by atoms with van der Waals surface area (Å²) >= 11 is 0. The molecule has 1 aromatic rings. The molecule has 0 aromatic heterocycles. The van der Waals surface area contributed by atoms with Crippen LogP contribution in [0.15, 0.2) is 35.3 Å². The molecule has 0 bridgehead atoms. The van der Waals surface area contributed by atoms with Crippen molar-refractivity contribution >= 4 is 35.8 Å². The van der Waals surface area contributed by atoms with Crippen LogP contribution in [0.4, 0.5) is 0 Å². The number of nitrogens with zero attached hydrogens (tertiary/aromatic N) is 2. The molecule has 7 nitrogen and oxygen atoms in total. The Hall–Kier alpha value is -1.55. The van der Waals surface area contributed by atoms with Crippen LogP contribution in [0.25, 0.3) is 0 Å². The number of hydrogen-bond donors (Lipinski definition) is 2. The number of rotatable bonds is 11. The number of amides is 1. The van der Waals surface area contributed by atoms with Gasteiger partial charge in [-0.2, -0.15) is 0 Å². The summed E-state index contributed by atoms with van der Waals surface area (Å²) < 4.78 is 10.9. The highest BCUT2D eigenvalue weighted by atomic mass is 127. The number of halogens is 1. The van der Waals surface area contributed by atoms with E-state index in [-0.39, 0.29) is 36.4 Å². The van der Waals surface area contributed by atoms with Gasteiger partial charge in [0.15, 0.2) is 5.96 Å². The Kier molecular flexibility index (Phi) is 14.8. The van der Waals surface area contributed by atoms with E-state index >= 15 is 0 Å². The van der Waals surface area contributed by atoms with E-state index < -0.39 is 0 Å². The number of guanidine groups is 1. The summed E-state index contributed by atoms with van der Waals surface area (Å²) in [6, 6.07) is 9.64. The number of benzene rings is 1. The van der Waals surface area contributed by atoms with Crippen LogP contribution in [0, 0.1) is 0 Å². The zero-order valence-electron chi connectivity index (χ0n) is 15.9. The van der Waals surface area contributed by atoms with Gasteiger partial charge < -0.3 is 25.0 Å². The largest absolute Gasteiger partial charge is 0.492 e. The summed E-state index contributed by atoms with van der Waals surface area (Å²) in [4.78, 5) is 17.5. The van der Waals surface area contributed by atoms with Crippen molar-refractivity contribution in [3.63, 3.8) is 0 Å². The maximum atomic E-state index is 11.7. The monoisotopic (exact) mass is 478 g/mol. The maximum absolute atomic E-state index is 11.7. The molecule has 1 rings (SSSR count). The highest BCUT2D eigenvalue weighted by Gasteiger charge is 2.04. The fraction of sp³-hybridized carbons (Fsp3) is 0.556. The van der Waals surface area contributed by atoms with Gasteiger partial charge in [-0.15, -0.1) is 24.0 Å². The molecule has 0 unspecified atom stereocenters. The van der Waals surface area contributed by atoms with E-state index in [4.69, 9.17) is 9.47 Å². The minimum atomic E-state index is -0.0454. The second-order valence-corrected chi connectivity index (χ2v) is 5.52. The Morgan fingerprint density at radius 3 is 2.46 bits per heavy atom. The van der Waals surface area contributed by atoms with E-state index in [0.717, 1.165) is 18.7 Å². The third-order valence-corrected chi connectivity index (χ3v) is 3.24. The van der Waals surface area contributed by atoms with Crippen LogP contribution >= 0.6 is 24.0 Å². The first kappa shape index (κ1) is 24.5. The van der Waals surface area contributed by atoms with Crippen LogP contribution < -0.4 is 15.4 Å². The zero-order chi connectivity index (χ0) is 18.3. The van der Waals surface area contributed by atoms with Gasteiger partial charge >= 0.3 is 0 Å². The van der Waals surface area contributed by atoms with Crippen molar-refractivity contribution in [2.75, 3.05) is 53.6 Å². The molecule has 0 saturated heterocycles. The molecule has 0 heterocycles. The third kappa shape index (κ3) is 11.9. The van der Waals surface area contributed by atoms with Gasteiger partial charge in [0.1, 0.15) is 18.9 Å². The van der Waals surface area contributed by atoms with Crippen molar-refractivity contribution in [1.82, 2.24) is 15.5 Å². The van der Waals surface area contributed by atoms with Crippen LogP contribution in [-0.4, -0.2) is 70.3 Å². The van der Waals surface area contributed by atoms with E-state index in [1.54, 1.807) is 14.1 Å². The van der Waals surface area contributed by atoms with Crippen LogP contribution in [-0.2, 0) is 9.53 Å². The molecule has 0 radical (unpaired) electrons. The number of carbonyl (C=O) groups excluding carboxylic acids is 1. The van der Waals surface area contributed by atoms with Crippen molar-refractivity contribution in [1.29, 1.82) is 0 Å². The van der Waals surface area contributed by atoms with Crippen molar-refractivity contribution in [3.8, 4) is 5.75 Å². The van der Waals surface area contributed by atoms with Crippen molar-refractivity contribution in [2.24, 2.45) is 4.99 Å². The highest BCUT2D eigenvalue weighted by Crippen LogP contribution is 2.07. The van der Waals surface area contributed by atoms with Crippen molar-refractivity contribution in [2.45, 2.75) is 13.3 Å². The molecule has 148 valence electrons. The second kappa shape index (κ2) is 15.7. The van der Waals surface area contributed by atoms with Gasteiger partial charge in [-0.25, -0.2) is 4.99 Å². The molecule has 0 fully saturated rings. The number of ether oxygens (including phenoxy) is 2. The van der Waals surface area contributed by atoms with Gasteiger partial charge in [-0.1, -0.05) is 18.2 Å². The maximum Gasteiger partial charge on any atom is 0.243 e. The normalized spacial score (nSPS) is 10.7. The van der Waals surface area contributed by atoms with Gasteiger partial charge in [-0.3, -0.25) is 4.79 Å². The van der Waals surface area contributed by atoms with Crippen LogP contribution in [0.2, 0.25) is 0 Å². The predicted octanol–water partition coefficient (Wildman–Crippen LogP) is 1.73. The average Bonchev–Trinajstić information content (AvgIpc) is 2.62. The Bertz CT molecular complexity index is 512. The first-order valence-electron chi connectivity index (χ1n) is 8.61. The Morgan fingerprint density at radius 2 is 1.81 bits per heavy atom. The quantitative estimate of drug-likeness (QED) is 0.219. The molecule has 2 N–H and O–H groups in total. The van der Waals surface area contributed by atoms with Crippen molar-refractivity contribution < 1.29 is 14.3 Å². The topological polar surface area (TPSA) is 75.2 Å². The Labute approximate surface area is 173 Å². The summed E-state index contributed by atoms with van der Waals surface area (Å²) in [6.07, 6.45) is 0.872. The van der Waals surface area contributed by atoms with Gasteiger partial charge in [-0.05, 0) is 25.5 Å². The number of nitrogens with one attached hydrogen (secondary N) is 2. The fourth-order valence-corrected chi connectivity index (χ4v) is 1.84. The Morgan fingerprint density at radius 1 is 1.12 bits per heavy atom. The smallest absolute Gasteiger partial charge is 0.243 e. The minimum absolute atomic E-state index is 0. The molecular weight excluding hydrogens is 447 g/mol. The molecule has 26 heavy (non-hydrogen) atoms. The lowest BCUT2D eigenvalue weighted by Gasteiger charge is -2.14. The molecule has 1 amide bonds. The summed E-state index contributed by atoms with van der Waals surface area (Å²) in [5.41, 5.74) is 0. The highest BCUT2D eigenvalue weighted by molar-refractivity contribution is 14.0. The molecule has 1 aromatic carbocycles. The molecule has 8 heteroatoms. The first-order chi connectivity index (χ1) is 12.1. The summed E-state index contributed by atoms with van der Waals surface area (Å²) in [5.74, 6) is 1.38. The zero-order valence-corrected chi connectivity index (χ0v) is 18.2. The standard InChI is InChI=1S/C18H30N4O3.HI/c1-4-24-13-8-11-19-18(21-15-17(23)22(2)3)20-12-14-25-16-9-6-5-7-10-16;/h5-7,9-10H,4,8,11-15H2,1-3H3,(H2,19,20,21);1H. The molecule has 0 aliphatic heterocycles. The summed E-state index contributed by atoms with van der Waals surface area (Å²) in [6.45, 7) is 5.31. The Balaban J connectivity index is 0.00000625. The molecule has 0 atom stereocenters. The number of para-hydroxylation sites is 1. The van der Waals surface area contributed by atoms with Gasteiger partial charge in [0.25, 0.3) is 0 Å².